The molecule has 0 unspecified atom stereocenters. The molecule has 0 saturated carbocycles. The van der Waals surface area contributed by atoms with Gasteiger partial charge in [0.1, 0.15) is 11.6 Å². The van der Waals surface area contributed by atoms with Gasteiger partial charge in [-0.15, -0.1) is 0 Å². The highest BCUT2D eigenvalue weighted by atomic mass is 16.5. The topological polar surface area (TPSA) is 96.4 Å². The highest BCUT2D eigenvalue weighted by Crippen LogP contribution is 2.23. The number of methoxy groups -OCH3 is 1. The summed E-state index contributed by atoms with van der Waals surface area (Å²) in [4.78, 5) is 20.8. The fourth-order valence-corrected chi connectivity index (χ4v) is 3.21. The van der Waals surface area contributed by atoms with Crippen molar-refractivity contribution >= 4 is 11.7 Å². The largest absolute Gasteiger partial charge is 0.497 e. The third kappa shape index (κ3) is 5.76. The maximum Gasteiger partial charge on any atom is 0.274 e. The van der Waals surface area contributed by atoms with Crippen molar-refractivity contribution in [2.24, 2.45) is 0 Å². The number of benzene rings is 2. The summed E-state index contributed by atoms with van der Waals surface area (Å²) in [5.74, 6) is 6.85. The minimum Gasteiger partial charge on any atom is -0.497 e. The summed E-state index contributed by atoms with van der Waals surface area (Å²) >= 11 is 0. The van der Waals surface area contributed by atoms with Crippen LogP contribution in [0.2, 0.25) is 0 Å². The minimum absolute atomic E-state index is 0.283. The smallest absolute Gasteiger partial charge is 0.274 e. The van der Waals surface area contributed by atoms with Crippen LogP contribution in [0.3, 0.4) is 0 Å². The van der Waals surface area contributed by atoms with Gasteiger partial charge >= 0.3 is 0 Å². The molecule has 168 valence electrons. The van der Waals surface area contributed by atoms with Crippen LogP contribution < -0.4 is 15.5 Å². The lowest BCUT2D eigenvalue weighted by molar-refractivity contribution is 0.0706. The molecule has 7 nitrogen and oxygen atoms in total. The van der Waals surface area contributed by atoms with Crippen LogP contribution in [-0.4, -0.2) is 28.2 Å². The Morgan fingerprint density at radius 2 is 1.76 bits per heavy atom. The summed E-state index contributed by atoms with van der Waals surface area (Å²) in [5, 5.41) is 12.4. The van der Waals surface area contributed by atoms with Crippen molar-refractivity contribution in [3.05, 3.63) is 107 Å². The molecular formula is C27H22N4O3. The second-order valence-corrected chi connectivity index (χ2v) is 7.34. The number of hydrogen-bond donors (Lipinski definition) is 3. The quantitative estimate of drug-likeness (QED) is 0.231. The summed E-state index contributed by atoms with van der Waals surface area (Å²) < 4.78 is 5.19. The molecule has 0 aliphatic rings. The summed E-state index contributed by atoms with van der Waals surface area (Å²) in [5.41, 5.74) is 6.07. The van der Waals surface area contributed by atoms with Gasteiger partial charge in [-0.2, -0.15) is 0 Å². The zero-order chi connectivity index (χ0) is 23.8. The number of rotatable bonds is 6. The molecule has 7 heteroatoms. The molecule has 0 atom stereocenters. The van der Waals surface area contributed by atoms with E-state index < -0.39 is 5.91 Å². The number of carbonyl (C=O) groups excluding carboxylic acids is 1. The van der Waals surface area contributed by atoms with E-state index in [2.05, 4.69) is 27.1 Å². The predicted molar refractivity (Wildman–Crippen MR) is 129 cm³/mol. The lowest BCUT2D eigenvalue weighted by Gasteiger charge is -2.11. The molecule has 4 rings (SSSR count). The molecule has 0 aliphatic heterocycles. The number of hydrogen-bond acceptors (Lipinski definition) is 6. The Morgan fingerprint density at radius 1 is 1.00 bits per heavy atom. The SMILES string of the molecule is COc1ccc(CNc2cc(C(=O)NO)cc(-c3ccc(C#Cc4cccnc4)cc3)n2)cc1. The molecular weight excluding hydrogens is 428 g/mol. The average molecular weight is 450 g/mol. The highest BCUT2D eigenvalue weighted by Gasteiger charge is 2.11. The third-order valence-electron chi connectivity index (χ3n) is 5.02. The van der Waals surface area contributed by atoms with Crippen molar-refractivity contribution in [3.63, 3.8) is 0 Å². The maximum absolute atomic E-state index is 12.1. The van der Waals surface area contributed by atoms with Gasteiger partial charge in [-0.05, 0) is 54.1 Å². The Bertz CT molecular complexity index is 1330. The fraction of sp³-hybridized carbons (Fsp3) is 0.0741. The van der Waals surface area contributed by atoms with Gasteiger partial charge in [-0.25, -0.2) is 10.5 Å². The first-order valence-electron chi connectivity index (χ1n) is 10.5. The number of carbonyl (C=O) groups is 1. The third-order valence-corrected chi connectivity index (χ3v) is 5.02. The number of pyridine rings is 2. The Morgan fingerprint density at radius 3 is 2.44 bits per heavy atom. The lowest BCUT2D eigenvalue weighted by Crippen LogP contribution is -2.19. The Kier molecular flexibility index (Phi) is 7.13. The molecule has 3 N–H and O–H groups in total. The Hall–Kier alpha value is -4.67. The van der Waals surface area contributed by atoms with Crippen LogP contribution in [0.4, 0.5) is 5.82 Å². The van der Waals surface area contributed by atoms with Gasteiger partial charge in [-0.1, -0.05) is 36.1 Å². The number of hydroxylamine groups is 1. The number of amides is 1. The van der Waals surface area contributed by atoms with Crippen molar-refractivity contribution in [2.45, 2.75) is 6.54 Å². The first kappa shape index (κ1) is 22.5. The van der Waals surface area contributed by atoms with E-state index in [9.17, 15) is 4.79 Å². The van der Waals surface area contributed by atoms with E-state index in [0.717, 1.165) is 28.0 Å². The zero-order valence-electron chi connectivity index (χ0n) is 18.4. The Labute approximate surface area is 197 Å². The standard InChI is InChI=1S/C27H22N4O3/c1-34-24-12-8-21(9-13-24)18-29-26-16-23(27(32)31-33)15-25(30-26)22-10-6-19(7-11-22)4-5-20-3-2-14-28-17-20/h2-3,6-17,33H,18H2,1H3,(H,29,30)(H,31,32). The van der Waals surface area contributed by atoms with Gasteiger partial charge in [0.15, 0.2) is 0 Å². The molecule has 0 aliphatic carbocycles. The van der Waals surface area contributed by atoms with Gasteiger partial charge in [0.2, 0.25) is 0 Å². The van der Waals surface area contributed by atoms with Gasteiger partial charge in [0.05, 0.1) is 12.8 Å². The lowest BCUT2D eigenvalue weighted by atomic mass is 10.1. The summed E-state index contributed by atoms with van der Waals surface area (Å²) in [6.07, 6.45) is 3.42. The molecule has 0 bridgehead atoms. The molecule has 0 spiro atoms. The van der Waals surface area contributed by atoms with Crippen molar-refractivity contribution in [1.29, 1.82) is 0 Å². The van der Waals surface area contributed by atoms with E-state index in [1.807, 2.05) is 60.7 Å². The van der Waals surface area contributed by atoms with Crippen molar-refractivity contribution in [1.82, 2.24) is 15.4 Å². The predicted octanol–water partition coefficient (Wildman–Crippen LogP) is 4.28. The van der Waals surface area contributed by atoms with Gasteiger partial charge < -0.3 is 10.1 Å². The van der Waals surface area contributed by atoms with E-state index >= 15 is 0 Å². The van der Waals surface area contributed by atoms with E-state index in [4.69, 9.17) is 9.94 Å². The second kappa shape index (κ2) is 10.8. The molecule has 1 amide bonds. The van der Waals surface area contributed by atoms with E-state index in [-0.39, 0.29) is 5.56 Å². The summed E-state index contributed by atoms with van der Waals surface area (Å²) in [7, 11) is 1.62. The maximum atomic E-state index is 12.1. The molecule has 2 heterocycles. The fourth-order valence-electron chi connectivity index (χ4n) is 3.21. The molecule has 2 aromatic carbocycles. The normalized spacial score (nSPS) is 10.1. The van der Waals surface area contributed by atoms with Crippen LogP contribution in [0.5, 0.6) is 5.75 Å². The molecule has 0 fully saturated rings. The summed E-state index contributed by atoms with van der Waals surface area (Å²) in [6.45, 7) is 0.503. The number of nitrogens with zero attached hydrogens (tertiary/aromatic N) is 2. The monoisotopic (exact) mass is 450 g/mol. The number of aromatic nitrogens is 2. The van der Waals surface area contributed by atoms with Crippen LogP contribution in [0.15, 0.2) is 85.2 Å². The van der Waals surface area contributed by atoms with Crippen molar-refractivity contribution in [3.8, 4) is 28.8 Å². The number of ether oxygens (including phenoxy) is 1. The summed E-state index contributed by atoms with van der Waals surface area (Å²) in [6, 6.07) is 22.2. The van der Waals surface area contributed by atoms with Crippen LogP contribution in [-0.2, 0) is 6.54 Å². The second-order valence-electron chi connectivity index (χ2n) is 7.34. The highest BCUT2D eigenvalue weighted by molar-refractivity contribution is 5.95. The van der Waals surface area contributed by atoms with Crippen LogP contribution in [0, 0.1) is 11.8 Å². The number of nitrogens with one attached hydrogen (secondary N) is 2. The van der Waals surface area contributed by atoms with Gasteiger partial charge in [0, 0.05) is 41.2 Å². The number of anilines is 1. The average Bonchev–Trinajstić information content (AvgIpc) is 2.91. The Balaban J connectivity index is 1.56. The molecule has 4 aromatic rings. The van der Waals surface area contributed by atoms with E-state index in [1.165, 1.54) is 0 Å². The zero-order valence-corrected chi connectivity index (χ0v) is 18.4. The van der Waals surface area contributed by atoms with E-state index in [1.54, 1.807) is 37.1 Å². The van der Waals surface area contributed by atoms with Crippen molar-refractivity contribution in [2.75, 3.05) is 12.4 Å². The van der Waals surface area contributed by atoms with E-state index in [0.29, 0.717) is 18.1 Å². The molecule has 0 saturated heterocycles. The molecule has 34 heavy (non-hydrogen) atoms. The van der Waals surface area contributed by atoms with Gasteiger partial charge in [-0.3, -0.25) is 15.0 Å². The van der Waals surface area contributed by atoms with Crippen LogP contribution in [0.1, 0.15) is 27.0 Å². The molecule has 2 aromatic heterocycles. The molecule has 0 radical (unpaired) electrons. The van der Waals surface area contributed by atoms with Gasteiger partial charge in [0.25, 0.3) is 5.91 Å². The first-order valence-corrected chi connectivity index (χ1v) is 10.5. The minimum atomic E-state index is -0.616. The van der Waals surface area contributed by atoms with Crippen LogP contribution in [0.25, 0.3) is 11.3 Å². The first-order chi connectivity index (χ1) is 16.6. The van der Waals surface area contributed by atoms with Crippen molar-refractivity contribution < 1.29 is 14.7 Å². The van der Waals surface area contributed by atoms with Crippen LogP contribution >= 0.6 is 0 Å².